The van der Waals surface area contributed by atoms with Gasteiger partial charge in [-0.05, 0) is 24.3 Å². The second kappa shape index (κ2) is 10.3. The van der Waals surface area contributed by atoms with Crippen LogP contribution in [0.25, 0.3) is 0 Å². The van der Waals surface area contributed by atoms with Crippen molar-refractivity contribution in [1.82, 2.24) is 14.8 Å². The van der Waals surface area contributed by atoms with E-state index >= 15 is 0 Å². The summed E-state index contributed by atoms with van der Waals surface area (Å²) in [5.74, 6) is -0.867. The van der Waals surface area contributed by atoms with Gasteiger partial charge in [0.1, 0.15) is 5.88 Å². The van der Waals surface area contributed by atoms with Gasteiger partial charge in [-0.15, -0.1) is 11.6 Å². The minimum absolute atomic E-state index is 0.338. The quantitative estimate of drug-likeness (QED) is 0.370. The molecule has 0 radical (unpaired) electrons. The summed E-state index contributed by atoms with van der Waals surface area (Å²) < 4.78 is 28.9. The third kappa shape index (κ3) is 5.19. The van der Waals surface area contributed by atoms with Crippen molar-refractivity contribution in [2.45, 2.75) is 0 Å². The lowest BCUT2D eigenvalue weighted by Crippen LogP contribution is -2.52. The van der Waals surface area contributed by atoms with Gasteiger partial charge in [-0.2, -0.15) is 0 Å². The molecule has 29 heavy (non-hydrogen) atoms. The van der Waals surface area contributed by atoms with E-state index in [1.54, 1.807) is 33.6 Å². The fraction of sp³-hybridized carbons (Fsp3) is 0.529. The molecule has 2 fully saturated rings. The van der Waals surface area contributed by atoms with Crippen LogP contribution in [0.4, 0.5) is 10.5 Å². The molecule has 0 unspecified atom stereocenters. The van der Waals surface area contributed by atoms with Gasteiger partial charge >= 0.3 is 13.1 Å². The molecule has 0 aromatic heterocycles. The first kappa shape index (κ1) is 22.7. The Labute approximate surface area is 182 Å². The van der Waals surface area contributed by atoms with Crippen molar-refractivity contribution >= 4 is 52.2 Å². The maximum Gasteiger partial charge on any atom is 0.327 e. The average Bonchev–Trinajstić information content (AvgIpc) is 2.78. The molecule has 160 valence electrons. The van der Waals surface area contributed by atoms with E-state index in [9.17, 15) is 14.2 Å². The number of halogens is 2. The molecule has 1 aromatic carbocycles. The molecule has 0 atom stereocenters. The van der Waals surface area contributed by atoms with Crippen LogP contribution in [0.2, 0.25) is 0 Å². The van der Waals surface area contributed by atoms with Crippen molar-refractivity contribution in [3.63, 3.8) is 0 Å². The Morgan fingerprint density at radius 3 is 1.97 bits per heavy atom. The average molecular weight is 510 g/mol. The van der Waals surface area contributed by atoms with Gasteiger partial charge in [0.15, 0.2) is 0 Å². The third-order valence-corrected chi connectivity index (χ3v) is 8.38. The number of rotatable bonds is 5. The Kier molecular flexibility index (Phi) is 8.09. The van der Waals surface area contributed by atoms with Crippen LogP contribution < -0.4 is 10.4 Å². The first-order chi connectivity index (χ1) is 14.0. The van der Waals surface area contributed by atoms with Crippen molar-refractivity contribution < 1.29 is 23.6 Å². The van der Waals surface area contributed by atoms with Gasteiger partial charge in [-0.25, -0.2) is 14.3 Å². The van der Waals surface area contributed by atoms with Crippen LogP contribution in [0.3, 0.4) is 0 Å². The SMILES string of the molecule is O=C(CCl)N(NC(=O)P(=O)(N1CCOCC1)N1CCOCC1)c1ccc(Br)cc1. The van der Waals surface area contributed by atoms with Gasteiger partial charge in [0.25, 0.3) is 5.91 Å². The molecule has 0 saturated carbocycles. The van der Waals surface area contributed by atoms with E-state index in [-0.39, 0.29) is 5.88 Å². The fourth-order valence-corrected chi connectivity index (χ4v) is 6.06. The van der Waals surface area contributed by atoms with E-state index < -0.39 is 19.0 Å². The highest BCUT2D eigenvalue weighted by Gasteiger charge is 2.46. The third-order valence-electron chi connectivity index (χ3n) is 4.66. The van der Waals surface area contributed by atoms with Crippen molar-refractivity contribution in [2.24, 2.45) is 0 Å². The van der Waals surface area contributed by atoms with Gasteiger partial charge in [-0.1, -0.05) is 15.9 Å². The Balaban J connectivity index is 1.89. The van der Waals surface area contributed by atoms with E-state index in [1.807, 2.05) is 0 Å². The Morgan fingerprint density at radius 2 is 1.52 bits per heavy atom. The second-order valence-corrected chi connectivity index (χ2v) is 10.2. The van der Waals surface area contributed by atoms with Gasteiger partial charge in [0.05, 0.1) is 32.1 Å². The number of alkyl halides is 1. The molecule has 2 aliphatic rings. The fourth-order valence-electron chi connectivity index (χ4n) is 3.17. The highest BCUT2D eigenvalue weighted by atomic mass is 79.9. The van der Waals surface area contributed by atoms with Crippen LogP contribution in [-0.2, 0) is 18.8 Å². The van der Waals surface area contributed by atoms with E-state index in [2.05, 4.69) is 21.4 Å². The summed E-state index contributed by atoms with van der Waals surface area (Å²) in [5, 5.41) is 1.05. The molecule has 2 aliphatic heterocycles. The van der Waals surface area contributed by atoms with Crippen LogP contribution in [0, 0.1) is 0 Å². The lowest BCUT2D eigenvalue weighted by molar-refractivity contribution is -0.116. The normalized spacial score (nSPS) is 19.0. The molecule has 1 aromatic rings. The minimum atomic E-state index is -3.68. The van der Waals surface area contributed by atoms with Gasteiger partial charge in [-0.3, -0.25) is 19.6 Å². The van der Waals surface area contributed by atoms with Gasteiger partial charge in [0, 0.05) is 30.7 Å². The molecule has 2 saturated heterocycles. The van der Waals surface area contributed by atoms with Crippen molar-refractivity contribution in [3.8, 4) is 0 Å². The number of carbonyl (C=O) groups is 2. The number of hydrogen-bond donors (Lipinski definition) is 1. The zero-order valence-electron chi connectivity index (χ0n) is 15.8. The number of morpholine rings is 2. The lowest BCUT2D eigenvalue weighted by Gasteiger charge is -2.41. The Hall–Kier alpha value is -1.00. The summed E-state index contributed by atoms with van der Waals surface area (Å²) in [4.78, 5) is 25.8. The Bertz CT molecular complexity index is 750. The van der Waals surface area contributed by atoms with Gasteiger partial charge < -0.3 is 9.47 Å². The standard InChI is InChI=1S/C17H23BrClN4O5P/c18-14-1-3-15(4-2-14)23(16(24)13-19)20-17(25)29(26,21-5-9-27-10-6-21)22-7-11-28-12-8-22/h1-4H,5-13H2,(H,20,25). The molecular formula is C17H23BrClN4O5P. The second-order valence-electron chi connectivity index (χ2n) is 6.43. The Morgan fingerprint density at radius 1 is 1.03 bits per heavy atom. The molecule has 0 spiro atoms. The maximum absolute atomic E-state index is 14.1. The van der Waals surface area contributed by atoms with E-state index in [0.29, 0.717) is 58.3 Å². The molecule has 1 N–H and O–H groups in total. The number of carbonyl (C=O) groups excluding carboxylic acids is 2. The molecule has 0 aliphatic carbocycles. The predicted octanol–water partition coefficient (Wildman–Crippen LogP) is 2.50. The van der Waals surface area contributed by atoms with Gasteiger partial charge in [0.2, 0.25) is 0 Å². The zero-order valence-corrected chi connectivity index (χ0v) is 19.0. The van der Waals surface area contributed by atoms with Crippen molar-refractivity contribution in [3.05, 3.63) is 28.7 Å². The van der Waals surface area contributed by atoms with E-state index in [0.717, 1.165) is 9.48 Å². The number of benzene rings is 1. The van der Waals surface area contributed by atoms with Crippen molar-refractivity contribution in [2.75, 3.05) is 63.5 Å². The number of hydrogen-bond acceptors (Lipinski definition) is 5. The van der Waals surface area contributed by atoms with Crippen LogP contribution >= 0.6 is 35.0 Å². The number of anilines is 1. The summed E-state index contributed by atoms with van der Waals surface area (Å²) in [7, 11) is -3.68. The number of ether oxygens (including phenoxy) is 2. The molecular weight excluding hydrogens is 487 g/mol. The minimum Gasteiger partial charge on any atom is -0.379 e. The topological polar surface area (TPSA) is 91.4 Å². The zero-order chi connectivity index (χ0) is 20.9. The summed E-state index contributed by atoms with van der Waals surface area (Å²) in [5.41, 5.74) is 2.24. The number of nitrogens with zero attached hydrogens (tertiary/aromatic N) is 3. The molecule has 3 rings (SSSR count). The van der Waals surface area contributed by atoms with E-state index in [4.69, 9.17) is 21.1 Å². The predicted molar refractivity (Wildman–Crippen MR) is 113 cm³/mol. The van der Waals surface area contributed by atoms with Crippen LogP contribution in [0.15, 0.2) is 28.7 Å². The summed E-state index contributed by atoms with van der Waals surface area (Å²) >= 11 is 9.09. The highest BCUT2D eigenvalue weighted by Crippen LogP contribution is 2.54. The monoisotopic (exact) mass is 508 g/mol. The first-order valence-electron chi connectivity index (χ1n) is 9.19. The molecule has 9 nitrogen and oxygen atoms in total. The summed E-state index contributed by atoms with van der Waals surface area (Å²) in [6.45, 7) is 3.01. The number of hydrazine groups is 1. The largest absolute Gasteiger partial charge is 0.379 e. The van der Waals surface area contributed by atoms with Crippen LogP contribution in [0.5, 0.6) is 0 Å². The summed E-state index contributed by atoms with van der Waals surface area (Å²) in [6.07, 6.45) is 0. The first-order valence-corrected chi connectivity index (χ1v) is 12.1. The molecule has 0 bridgehead atoms. The molecule has 2 amide bonds. The number of amides is 2. The molecule has 12 heteroatoms. The van der Waals surface area contributed by atoms with E-state index in [1.165, 1.54) is 0 Å². The maximum atomic E-state index is 14.1. The lowest BCUT2D eigenvalue weighted by atomic mass is 10.3. The van der Waals surface area contributed by atoms with Crippen LogP contribution in [0.1, 0.15) is 0 Å². The van der Waals surface area contributed by atoms with Crippen molar-refractivity contribution in [1.29, 1.82) is 0 Å². The highest BCUT2D eigenvalue weighted by molar-refractivity contribution is 9.10. The smallest absolute Gasteiger partial charge is 0.327 e. The van der Waals surface area contributed by atoms with Crippen LogP contribution in [-0.4, -0.2) is 79.4 Å². The summed E-state index contributed by atoms with van der Waals surface area (Å²) in [6, 6.07) is 6.78. The number of nitrogens with one attached hydrogen (secondary N) is 1. The molecule has 2 heterocycles.